The first-order chi connectivity index (χ1) is 12.2. The van der Waals surface area contributed by atoms with E-state index >= 15 is 0 Å². The van der Waals surface area contributed by atoms with Gasteiger partial charge in [-0.25, -0.2) is 0 Å². The van der Waals surface area contributed by atoms with Crippen LogP contribution in [0.5, 0.6) is 0 Å². The Kier molecular flexibility index (Phi) is 7.27. The molecule has 2 saturated heterocycles. The maximum absolute atomic E-state index is 11.1. The highest BCUT2D eigenvalue weighted by Crippen LogP contribution is 2.24. The van der Waals surface area contributed by atoms with Crippen molar-refractivity contribution in [2.75, 3.05) is 13.2 Å². The molecule has 2 fully saturated rings. The van der Waals surface area contributed by atoms with Gasteiger partial charge in [0.15, 0.2) is 12.6 Å². The SMILES string of the molecule is CC(=O)N[C@H]1[C@@H](O)[C@@H](O)C(CO[C@@H]2OC(CO)[C@H](O)[C@H](O)[C@@H]2O)O[C@H]1O. The Labute approximate surface area is 148 Å². The summed E-state index contributed by atoms with van der Waals surface area (Å²) in [6.45, 7) is 0.0636. The molecule has 2 unspecified atom stereocenters. The fourth-order valence-electron chi connectivity index (χ4n) is 2.87. The first-order valence-corrected chi connectivity index (χ1v) is 8.06. The molecule has 12 heteroatoms. The number of rotatable bonds is 5. The first-order valence-electron chi connectivity index (χ1n) is 8.06. The zero-order valence-electron chi connectivity index (χ0n) is 14.0. The molecule has 1 amide bonds. The predicted molar refractivity (Wildman–Crippen MR) is 80.2 cm³/mol. The Balaban J connectivity index is 1.95. The summed E-state index contributed by atoms with van der Waals surface area (Å²) >= 11 is 0. The zero-order chi connectivity index (χ0) is 19.6. The van der Waals surface area contributed by atoms with Gasteiger partial charge in [-0.1, -0.05) is 0 Å². The quantitative estimate of drug-likeness (QED) is 0.226. The Bertz CT molecular complexity index is 478. The van der Waals surface area contributed by atoms with E-state index in [1.807, 2.05) is 0 Å². The second kappa shape index (κ2) is 8.84. The van der Waals surface area contributed by atoms with Crippen LogP contribution in [0.1, 0.15) is 6.92 Å². The number of carbonyl (C=O) groups excluding carboxylic acids is 1. The minimum absolute atomic E-state index is 0.467. The van der Waals surface area contributed by atoms with Crippen molar-refractivity contribution in [2.45, 2.75) is 68.3 Å². The lowest BCUT2D eigenvalue weighted by Crippen LogP contribution is -2.64. The number of aliphatic hydroxyl groups is 7. The van der Waals surface area contributed by atoms with Crippen LogP contribution in [0.3, 0.4) is 0 Å². The Morgan fingerprint density at radius 3 is 2.12 bits per heavy atom. The van der Waals surface area contributed by atoms with Crippen LogP contribution in [0.2, 0.25) is 0 Å². The third-order valence-corrected chi connectivity index (χ3v) is 4.36. The Morgan fingerprint density at radius 2 is 1.54 bits per heavy atom. The molecule has 0 radical (unpaired) electrons. The number of hydrogen-bond acceptors (Lipinski definition) is 11. The largest absolute Gasteiger partial charge is 0.394 e. The molecular weight excluding hydrogens is 358 g/mol. The molecule has 152 valence electrons. The number of aliphatic hydroxyl groups excluding tert-OH is 7. The maximum atomic E-state index is 11.1. The van der Waals surface area contributed by atoms with Gasteiger partial charge in [-0.3, -0.25) is 4.79 Å². The molecule has 2 rings (SSSR count). The standard InChI is InChI=1S/C14H25NO11/c1-4(17)15-7-10(20)9(19)6(25-13(7)23)3-24-14-12(22)11(21)8(18)5(2-16)26-14/h5-14,16,18-23H,2-3H2,1H3,(H,15,17)/t5?,6?,7-,8-,9-,10+,11-,12-,13+,14+/m0/s1. The van der Waals surface area contributed by atoms with Gasteiger partial charge in [0.25, 0.3) is 0 Å². The molecule has 0 spiro atoms. The second-order valence-electron chi connectivity index (χ2n) is 6.30. The highest BCUT2D eigenvalue weighted by Gasteiger charge is 2.47. The van der Waals surface area contributed by atoms with Crippen LogP contribution in [0, 0.1) is 0 Å². The highest BCUT2D eigenvalue weighted by atomic mass is 16.7. The minimum atomic E-state index is -1.64. The van der Waals surface area contributed by atoms with Gasteiger partial charge in [0.05, 0.1) is 13.2 Å². The van der Waals surface area contributed by atoms with Gasteiger partial charge < -0.3 is 55.3 Å². The van der Waals surface area contributed by atoms with Crippen molar-refractivity contribution in [1.82, 2.24) is 5.32 Å². The number of ether oxygens (including phenoxy) is 3. The number of amides is 1. The van der Waals surface area contributed by atoms with Crippen LogP contribution in [0.25, 0.3) is 0 Å². The second-order valence-corrected chi connectivity index (χ2v) is 6.30. The highest BCUT2D eigenvalue weighted by molar-refractivity contribution is 5.73. The molecule has 2 heterocycles. The van der Waals surface area contributed by atoms with Gasteiger partial charge in [0, 0.05) is 6.92 Å². The van der Waals surface area contributed by atoms with Crippen LogP contribution >= 0.6 is 0 Å². The number of hydrogen-bond donors (Lipinski definition) is 8. The van der Waals surface area contributed by atoms with E-state index in [0.717, 1.165) is 0 Å². The van der Waals surface area contributed by atoms with Crippen LogP contribution in [-0.2, 0) is 19.0 Å². The molecule has 2 aliphatic rings. The van der Waals surface area contributed by atoms with Gasteiger partial charge in [0.2, 0.25) is 5.91 Å². The van der Waals surface area contributed by atoms with Crippen LogP contribution in [0.15, 0.2) is 0 Å². The monoisotopic (exact) mass is 383 g/mol. The normalized spacial score (nSPS) is 46.8. The lowest BCUT2D eigenvalue weighted by Gasteiger charge is -2.42. The van der Waals surface area contributed by atoms with E-state index in [-0.39, 0.29) is 0 Å². The van der Waals surface area contributed by atoms with Crippen LogP contribution in [-0.4, -0.2) is 116 Å². The first kappa shape index (κ1) is 21.4. The Hall–Kier alpha value is -0.930. The van der Waals surface area contributed by atoms with Gasteiger partial charge in [-0.15, -0.1) is 0 Å². The van der Waals surface area contributed by atoms with E-state index in [1.54, 1.807) is 0 Å². The molecule has 10 atom stereocenters. The third kappa shape index (κ3) is 4.48. The van der Waals surface area contributed by atoms with Crippen molar-refractivity contribution < 1.29 is 54.8 Å². The molecule has 0 aromatic carbocycles. The van der Waals surface area contributed by atoms with Gasteiger partial charge in [-0.05, 0) is 0 Å². The summed E-state index contributed by atoms with van der Waals surface area (Å²) in [6.07, 6.45) is -13.4. The van der Waals surface area contributed by atoms with Crippen molar-refractivity contribution in [1.29, 1.82) is 0 Å². The molecule has 12 nitrogen and oxygen atoms in total. The van der Waals surface area contributed by atoms with Crippen molar-refractivity contribution in [2.24, 2.45) is 0 Å². The summed E-state index contributed by atoms with van der Waals surface area (Å²) in [5.41, 5.74) is 0. The molecule has 8 N–H and O–H groups in total. The van der Waals surface area contributed by atoms with Gasteiger partial charge in [0.1, 0.15) is 48.8 Å². The van der Waals surface area contributed by atoms with Gasteiger partial charge in [-0.2, -0.15) is 0 Å². The van der Waals surface area contributed by atoms with Crippen LogP contribution < -0.4 is 5.32 Å². The third-order valence-electron chi connectivity index (χ3n) is 4.36. The topological polar surface area (TPSA) is 198 Å². The van der Waals surface area contributed by atoms with E-state index in [1.165, 1.54) is 6.92 Å². The fourth-order valence-corrected chi connectivity index (χ4v) is 2.87. The molecule has 26 heavy (non-hydrogen) atoms. The fraction of sp³-hybridized carbons (Fsp3) is 0.929. The molecular formula is C14H25NO11. The van der Waals surface area contributed by atoms with Crippen LogP contribution in [0.4, 0.5) is 0 Å². The molecule has 0 bridgehead atoms. The average molecular weight is 383 g/mol. The maximum Gasteiger partial charge on any atom is 0.217 e. The predicted octanol–water partition coefficient (Wildman–Crippen LogP) is -5.25. The summed E-state index contributed by atoms with van der Waals surface area (Å²) in [5.74, 6) is -0.542. The molecule has 0 aromatic heterocycles. The van der Waals surface area contributed by atoms with Crippen molar-refractivity contribution in [3.63, 3.8) is 0 Å². The summed E-state index contributed by atoms with van der Waals surface area (Å²) < 4.78 is 15.5. The molecule has 2 aliphatic heterocycles. The average Bonchev–Trinajstić information content (AvgIpc) is 2.59. The van der Waals surface area contributed by atoms with E-state index in [2.05, 4.69) is 5.32 Å². The smallest absolute Gasteiger partial charge is 0.217 e. The summed E-state index contributed by atoms with van der Waals surface area (Å²) in [5, 5.41) is 70.6. The minimum Gasteiger partial charge on any atom is -0.394 e. The number of carbonyl (C=O) groups is 1. The lowest BCUT2D eigenvalue weighted by molar-refractivity contribution is -0.318. The van der Waals surface area contributed by atoms with Crippen molar-refractivity contribution in [3.05, 3.63) is 0 Å². The summed E-state index contributed by atoms with van der Waals surface area (Å²) in [4.78, 5) is 11.1. The Morgan fingerprint density at radius 1 is 0.923 bits per heavy atom. The molecule has 0 aliphatic carbocycles. The van der Waals surface area contributed by atoms with E-state index in [9.17, 15) is 35.4 Å². The van der Waals surface area contributed by atoms with Crippen molar-refractivity contribution in [3.8, 4) is 0 Å². The lowest BCUT2D eigenvalue weighted by atomic mass is 9.97. The summed E-state index contributed by atoms with van der Waals surface area (Å²) in [6, 6.07) is -1.24. The molecule has 0 aromatic rings. The van der Waals surface area contributed by atoms with Crippen molar-refractivity contribution >= 4 is 5.91 Å². The van der Waals surface area contributed by atoms with E-state index < -0.39 is 80.5 Å². The van der Waals surface area contributed by atoms with E-state index in [4.69, 9.17) is 19.3 Å². The molecule has 0 saturated carbocycles. The van der Waals surface area contributed by atoms with E-state index in [0.29, 0.717) is 0 Å². The summed E-state index contributed by atoms with van der Waals surface area (Å²) in [7, 11) is 0. The van der Waals surface area contributed by atoms with Gasteiger partial charge >= 0.3 is 0 Å². The number of nitrogens with one attached hydrogen (secondary N) is 1. The zero-order valence-corrected chi connectivity index (χ0v) is 14.0.